The van der Waals surface area contributed by atoms with Crippen molar-refractivity contribution in [2.24, 2.45) is 5.73 Å². The van der Waals surface area contributed by atoms with E-state index in [1.807, 2.05) is 30.3 Å². The van der Waals surface area contributed by atoms with Gasteiger partial charge in [0.15, 0.2) is 0 Å². The maximum atomic E-state index is 12.3. The Morgan fingerprint density at radius 1 is 1.38 bits per heavy atom. The summed E-state index contributed by atoms with van der Waals surface area (Å²) in [5.74, 6) is 0.369. The van der Waals surface area contributed by atoms with Crippen LogP contribution < -0.4 is 5.73 Å². The van der Waals surface area contributed by atoms with Gasteiger partial charge in [-0.25, -0.2) is 0 Å². The van der Waals surface area contributed by atoms with Crippen LogP contribution in [-0.4, -0.2) is 52.0 Å². The van der Waals surface area contributed by atoms with Gasteiger partial charge < -0.3 is 15.7 Å². The van der Waals surface area contributed by atoms with Gasteiger partial charge in [-0.05, 0) is 18.4 Å². The third kappa shape index (κ3) is 4.22. The van der Waals surface area contributed by atoms with Gasteiger partial charge in [0.1, 0.15) is 12.1 Å². The molecular formula is C15H20N2O3S. The molecule has 1 saturated heterocycles. The maximum Gasteiger partial charge on any atom is 0.252 e. The molecule has 5 nitrogen and oxygen atoms in total. The molecule has 1 aromatic rings. The van der Waals surface area contributed by atoms with E-state index in [9.17, 15) is 14.7 Å². The zero-order valence-electron chi connectivity index (χ0n) is 11.8. The number of carbonyl (C=O) groups excluding carboxylic acids is 2. The van der Waals surface area contributed by atoms with Crippen molar-refractivity contribution in [2.45, 2.75) is 25.0 Å². The zero-order valence-corrected chi connectivity index (χ0v) is 12.6. The van der Waals surface area contributed by atoms with Crippen LogP contribution in [0.25, 0.3) is 0 Å². The van der Waals surface area contributed by atoms with Crippen LogP contribution in [0, 0.1) is 0 Å². The van der Waals surface area contributed by atoms with Crippen LogP contribution >= 0.6 is 11.8 Å². The number of hydrogen-bond donors (Lipinski definition) is 2. The molecule has 1 heterocycles. The van der Waals surface area contributed by atoms with E-state index in [0.717, 1.165) is 11.3 Å². The standard InChI is InChI=1S/C15H20N2O3S/c16-14(19)12-10-21-9-8-17(12)15(20)13(18)7-6-11-4-2-1-3-5-11/h1-5,12-13,18H,6-10H2,(H2,16,19)/t12?,13-/m1/s1. The first-order valence-electron chi connectivity index (χ1n) is 6.99. The molecule has 2 rings (SSSR count). The number of thioether (sulfide) groups is 1. The number of aliphatic hydroxyl groups excluding tert-OH is 1. The first-order chi connectivity index (χ1) is 10.1. The molecule has 0 radical (unpaired) electrons. The molecule has 1 aliphatic heterocycles. The van der Waals surface area contributed by atoms with Crippen molar-refractivity contribution in [3.05, 3.63) is 35.9 Å². The lowest BCUT2D eigenvalue weighted by Gasteiger charge is -2.34. The molecule has 0 spiro atoms. The Morgan fingerprint density at radius 2 is 2.10 bits per heavy atom. The summed E-state index contributed by atoms with van der Waals surface area (Å²) < 4.78 is 0. The van der Waals surface area contributed by atoms with Gasteiger partial charge in [0, 0.05) is 18.1 Å². The monoisotopic (exact) mass is 308 g/mol. The maximum absolute atomic E-state index is 12.3. The van der Waals surface area contributed by atoms with Crippen LogP contribution in [0.15, 0.2) is 30.3 Å². The van der Waals surface area contributed by atoms with E-state index >= 15 is 0 Å². The van der Waals surface area contributed by atoms with Crippen molar-refractivity contribution in [1.82, 2.24) is 4.90 Å². The first kappa shape index (κ1) is 15.9. The molecule has 1 aromatic carbocycles. The fourth-order valence-corrected chi connectivity index (χ4v) is 3.43. The van der Waals surface area contributed by atoms with Gasteiger partial charge in [0.25, 0.3) is 5.91 Å². The normalized spacial score (nSPS) is 20.0. The summed E-state index contributed by atoms with van der Waals surface area (Å²) >= 11 is 1.60. The number of nitrogens with zero attached hydrogens (tertiary/aromatic N) is 1. The Kier molecular flexibility index (Phi) is 5.64. The number of amides is 2. The first-order valence-corrected chi connectivity index (χ1v) is 8.14. The summed E-state index contributed by atoms with van der Waals surface area (Å²) in [4.78, 5) is 25.1. The lowest BCUT2D eigenvalue weighted by molar-refractivity contribution is -0.146. The molecule has 0 aliphatic carbocycles. The largest absolute Gasteiger partial charge is 0.383 e. The Bertz CT molecular complexity index is 495. The highest BCUT2D eigenvalue weighted by Gasteiger charge is 2.33. The molecule has 2 atom stereocenters. The Balaban J connectivity index is 1.93. The molecule has 114 valence electrons. The molecule has 0 saturated carbocycles. The Morgan fingerprint density at radius 3 is 2.76 bits per heavy atom. The quantitative estimate of drug-likeness (QED) is 0.825. The third-order valence-corrected chi connectivity index (χ3v) is 4.60. The molecule has 21 heavy (non-hydrogen) atoms. The number of carbonyl (C=O) groups is 2. The topological polar surface area (TPSA) is 83.6 Å². The van der Waals surface area contributed by atoms with Crippen molar-refractivity contribution >= 4 is 23.6 Å². The highest BCUT2D eigenvalue weighted by molar-refractivity contribution is 7.99. The number of primary amides is 1. The molecule has 6 heteroatoms. The van der Waals surface area contributed by atoms with E-state index in [0.29, 0.717) is 25.1 Å². The summed E-state index contributed by atoms with van der Waals surface area (Å²) in [6, 6.07) is 9.08. The van der Waals surface area contributed by atoms with Crippen LogP contribution in [-0.2, 0) is 16.0 Å². The molecule has 2 amide bonds. The SMILES string of the molecule is NC(=O)C1CSCCN1C(=O)[C@H](O)CCc1ccccc1. The number of rotatable bonds is 5. The molecule has 0 bridgehead atoms. The fourth-order valence-electron chi connectivity index (χ4n) is 2.37. The number of aryl methyl sites for hydroxylation is 1. The summed E-state index contributed by atoms with van der Waals surface area (Å²) in [6.45, 7) is 0.458. The molecule has 3 N–H and O–H groups in total. The lowest BCUT2D eigenvalue weighted by Crippen LogP contribution is -2.55. The van der Waals surface area contributed by atoms with Crippen LogP contribution in [0.2, 0.25) is 0 Å². The van der Waals surface area contributed by atoms with Gasteiger partial charge >= 0.3 is 0 Å². The van der Waals surface area contributed by atoms with Crippen LogP contribution in [0.5, 0.6) is 0 Å². The van der Waals surface area contributed by atoms with Crippen LogP contribution in [0.4, 0.5) is 0 Å². The lowest BCUT2D eigenvalue weighted by atomic mass is 10.1. The Hall–Kier alpha value is -1.53. The average molecular weight is 308 g/mol. The van der Waals surface area contributed by atoms with E-state index in [2.05, 4.69) is 0 Å². The van der Waals surface area contributed by atoms with E-state index < -0.39 is 24.0 Å². The van der Waals surface area contributed by atoms with Gasteiger partial charge in [-0.15, -0.1) is 0 Å². The van der Waals surface area contributed by atoms with Crippen molar-refractivity contribution in [2.75, 3.05) is 18.1 Å². The molecule has 0 aromatic heterocycles. The van der Waals surface area contributed by atoms with Gasteiger partial charge in [0.2, 0.25) is 5.91 Å². The van der Waals surface area contributed by atoms with Gasteiger partial charge in [-0.1, -0.05) is 30.3 Å². The van der Waals surface area contributed by atoms with Crippen molar-refractivity contribution < 1.29 is 14.7 Å². The highest BCUT2D eigenvalue weighted by Crippen LogP contribution is 2.18. The second-order valence-electron chi connectivity index (χ2n) is 5.06. The predicted molar refractivity (Wildman–Crippen MR) is 82.8 cm³/mol. The summed E-state index contributed by atoms with van der Waals surface area (Å²) in [7, 11) is 0. The summed E-state index contributed by atoms with van der Waals surface area (Å²) in [5.41, 5.74) is 6.41. The minimum atomic E-state index is -1.09. The van der Waals surface area contributed by atoms with Crippen molar-refractivity contribution in [3.8, 4) is 0 Å². The van der Waals surface area contributed by atoms with Gasteiger partial charge in [0.05, 0.1) is 0 Å². The zero-order chi connectivity index (χ0) is 15.2. The van der Waals surface area contributed by atoms with Gasteiger partial charge in [-0.3, -0.25) is 9.59 Å². The average Bonchev–Trinajstić information content (AvgIpc) is 2.52. The minimum absolute atomic E-state index is 0.345. The second kappa shape index (κ2) is 7.47. The van der Waals surface area contributed by atoms with Gasteiger partial charge in [-0.2, -0.15) is 11.8 Å². The van der Waals surface area contributed by atoms with E-state index in [4.69, 9.17) is 5.73 Å². The van der Waals surface area contributed by atoms with Crippen molar-refractivity contribution in [1.29, 1.82) is 0 Å². The third-order valence-electron chi connectivity index (χ3n) is 3.57. The second-order valence-corrected chi connectivity index (χ2v) is 6.21. The summed E-state index contributed by atoms with van der Waals surface area (Å²) in [6.07, 6.45) is -0.120. The predicted octanol–water partition coefficient (Wildman–Crippen LogP) is 0.409. The number of benzene rings is 1. The van der Waals surface area contributed by atoms with E-state index in [-0.39, 0.29) is 0 Å². The smallest absolute Gasteiger partial charge is 0.252 e. The summed E-state index contributed by atoms with van der Waals surface area (Å²) in [5, 5.41) is 10.1. The molecular weight excluding hydrogens is 288 g/mol. The van der Waals surface area contributed by atoms with E-state index in [1.165, 1.54) is 4.90 Å². The fraction of sp³-hybridized carbons (Fsp3) is 0.467. The minimum Gasteiger partial charge on any atom is -0.383 e. The highest BCUT2D eigenvalue weighted by atomic mass is 32.2. The Labute approximate surface area is 128 Å². The molecule has 1 unspecified atom stereocenters. The molecule has 1 fully saturated rings. The number of nitrogens with two attached hydrogens (primary N) is 1. The van der Waals surface area contributed by atoms with E-state index in [1.54, 1.807) is 11.8 Å². The van der Waals surface area contributed by atoms with Crippen LogP contribution in [0.1, 0.15) is 12.0 Å². The number of hydrogen-bond acceptors (Lipinski definition) is 4. The van der Waals surface area contributed by atoms with Crippen molar-refractivity contribution in [3.63, 3.8) is 0 Å². The van der Waals surface area contributed by atoms with Crippen LogP contribution in [0.3, 0.4) is 0 Å². The number of aliphatic hydroxyl groups is 1. The molecule has 1 aliphatic rings.